The zero-order valence-electron chi connectivity index (χ0n) is 11.0. The first-order chi connectivity index (χ1) is 8.18. The Kier molecular flexibility index (Phi) is 6.94. The topological polar surface area (TPSA) is 38.3 Å². The van der Waals surface area contributed by atoms with Gasteiger partial charge in [0.25, 0.3) is 0 Å². The van der Waals surface area contributed by atoms with Crippen LogP contribution in [0.3, 0.4) is 0 Å². The predicted molar refractivity (Wildman–Crippen MR) is 69.9 cm³/mol. The third kappa shape index (κ3) is 7.16. The maximum absolute atomic E-state index is 10.7. The van der Waals surface area contributed by atoms with Gasteiger partial charge >= 0.3 is 0 Å². The largest absolute Gasteiger partial charge is 0.384 e. The Bertz CT molecular complexity index is 243. The zero-order chi connectivity index (χ0) is 12.5. The Morgan fingerprint density at radius 3 is 2.35 bits per heavy atom. The first-order valence-electron chi connectivity index (χ1n) is 6.70. The van der Waals surface area contributed by atoms with E-state index < -0.39 is 0 Å². The van der Waals surface area contributed by atoms with Crippen molar-refractivity contribution >= 4 is 5.78 Å². The molecule has 0 amide bonds. The molecule has 0 saturated heterocycles. The summed E-state index contributed by atoms with van der Waals surface area (Å²) in [5.74, 6) is 0.0590. The van der Waals surface area contributed by atoms with Gasteiger partial charge in [-0.1, -0.05) is 38.7 Å². The van der Waals surface area contributed by atoms with E-state index in [2.05, 4.69) is 11.9 Å². The van der Waals surface area contributed by atoms with E-state index in [9.17, 15) is 4.79 Å². The predicted octanol–water partition coefficient (Wildman–Crippen LogP) is 2.81. The Morgan fingerprint density at radius 1 is 1.18 bits per heavy atom. The summed E-state index contributed by atoms with van der Waals surface area (Å²) in [6.07, 6.45) is 9.16. The lowest BCUT2D eigenvalue weighted by Gasteiger charge is -2.23. The number of carbonyl (C=O) groups is 1. The number of ether oxygens (including phenoxy) is 1. The molecule has 0 bridgehead atoms. The summed E-state index contributed by atoms with van der Waals surface area (Å²) in [4.78, 5) is 10.7. The Morgan fingerprint density at radius 2 is 1.76 bits per heavy atom. The molecular formula is C14H25NO2. The lowest BCUT2D eigenvalue weighted by molar-refractivity contribution is -0.121. The minimum absolute atomic E-state index is 0.0590. The molecule has 0 aromatic rings. The van der Waals surface area contributed by atoms with Gasteiger partial charge in [0.1, 0.15) is 6.61 Å². The van der Waals surface area contributed by atoms with Crippen LogP contribution in [0.15, 0.2) is 12.3 Å². The van der Waals surface area contributed by atoms with Crippen molar-refractivity contribution in [1.29, 1.82) is 0 Å². The molecule has 0 aromatic carbocycles. The van der Waals surface area contributed by atoms with Crippen LogP contribution in [0, 0.1) is 0 Å². The summed E-state index contributed by atoms with van der Waals surface area (Å²) in [6, 6.07) is 0.545. The molecule has 1 saturated carbocycles. The molecule has 0 aliphatic heterocycles. The summed E-state index contributed by atoms with van der Waals surface area (Å²) >= 11 is 0. The van der Waals surface area contributed by atoms with Crippen LogP contribution in [0.4, 0.5) is 0 Å². The maximum atomic E-state index is 10.7. The standard InChI is InChI=1S/C14H25NO2/c1-12(10-17-11-13(2)16)15-14-8-6-4-3-5-7-9-14/h14-15H,1,3-11H2,2H3. The van der Waals surface area contributed by atoms with E-state index in [1.807, 2.05) is 0 Å². The number of hydrogen-bond donors (Lipinski definition) is 1. The van der Waals surface area contributed by atoms with Gasteiger partial charge in [0.2, 0.25) is 0 Å². The van der Waals surface area contributed by atoms with Crippen molar-refractivity contribution in [3.8, 4) is 0 Å². The molecule has 1 fully saturated rings. The van der Waals surface area contributed by atoms with E-state index in [1.165, 1.54) is 51.9 Å². The van der Waals surface area contributed by atoms with E-state index in [0.29, 0.717) is 12.6 Å². The van der Waals surface area contributed by atoms with Crippen LogP contribution in [0.5, 0.6) is 0 Å². The molecule has 1 aliphatic rings. The van der Waals surface area contributed by atoms with Crippen molar-refractivity contribution in [1.82, 2.24) is 5.32 Å². The zero-order valence-corrected chi connectivity index (χ0v) is 11.0. The molecule has 98 valence electrons. The van der Waals surface area contributed by atoms with Gasteiger partial charge in [-0.25, -0.2) is 0 Å². The number of hydrogen-bond acceptors (Lipinski definition) is 3. The van der Waals surface area contributed by atoms with E-state index >= 15 is 0 Å². The lowest BCUT2D eigenvalue weighted by Crippen LogP contribution is -2.30. The van der Waals surface area contributed by atoms with E-state index in [-0.39, 0.29) is 12.4 Å². The molecule has 17 heavy (non-hydrogen) atoms. The van der Waals surface area contributed by atoms with Crippen molar-refractivity contribution in [3.63, 3.8) is 0 Å². The fourth-order valence-corrected chi connectivity index (χ4v) is 2.25. The third-order valence-corrected chi connectivity index (χ3v) is 3.10. The molecular weight excluding hydrogens is 214 g/mol. The van der Waals surface area contributed by atoms with E-state index in [1.54, 1.807) is 0 Å². The van der Waals surface area contributed by atoms with Crippen molar-refractivity contribution in [2.45, 2.75) is 57.9 Å². The minimum atomic E-state index is 0.0590. The number of rotatable bonds is 6. The average molecular weight is 239 g/mol. The molecule has 0 unspecified atom stereocenters. The molecule has 3 nitrogen and oxygen atoms in total. The Balaban J connectivity index is 2.16. The fraction of sp³-hybridized carbons (Fsp3) is 0.786. The fourth-order valence-electron chi connectivity index (χ4n) is 2.25. The van der Waals surface area contributed by atoms with Crippen molar-refractivity contribution in [2.75, 3.05) is 13.2 Å². The summed E-state index contributed by atoms with van der Waals surface area (Å²) in [5, 5.41) is 3.43. The number of Topliss-reactive ketones (excluding diaryl/α,β-unsaturated/α-hetero) is 1. The third-order valence-electron chi connectivity index (χ3n) is 3.10. The van der Waals surface area contributed by atoms with E-state index in [4.69, 9.17) is 4.74 Å². The van der Waals surface area contributed by atoms with Gasteiger partial charge in [0, 0.05) is 11.7 Å². The quantitative estimate of drug-likeness (QED) is 0.774. The molecule has 0 atom stereocenters. The molecule has 1 N–H and O–H groups in total. The molecule has 3 heteroatoms. The summed E-state index contributed by atoms with van der Waals surface area (Å²) in [6.45, 7) is 6.11. The number of carbonyl (C=O) groups excluding carboxylic acids is 1. The van der Waals surface area contributed by atoms with Crippen LogP contribution < -0.4 is 5.32 Å². The van der Waals surface area contributed by atoms with Crippen LogP contribution >= 0.6 is 0 Å². The van der Waals surface area contributed by atoms with Crippen LogP contribution in [0.25, 0.3) is 0 Å². The second-order valence-electron chi connectivity index (χ2n) is 4.98. The molecule has 0 heterocycles. The van der Waals surface area contributed by atoms with Crippen LogP contribution in [0.2, 0.25) is 0 Å². The number of nitrogens with one attached hydrogen (secondary N) is 1. The summed E-state index contributed by atoms with van der Waals surface area (Å²) < 4.78 is 5.24. The molecule has 0 aromatic heterocycles. The SMILES string of the molecule is C=C(COCC(C)=O)NC1CCCCCCC1. The highest BCUT2D eigenvalue weighted by molar-refractivity contribution is 5.76. The lowest BCUT2D eigenvalue weighted by atomic mass is 9.96. The summed E-state index contributed by atoms with van der Waals surface area (Å²) in [7, 11) is 0. The summed E-state index contributed by atoms with van der Waals surface area (Å²) in [5.41, 5.74) is 0.900. The molecule has 0 radical (unpaired) electrons. The molecule has 0 spiro atoms. The average Bonchev–Trinajstić information content (AvgIpc) is 2.21. The first kappa shape index (κ1) is 14.2. The van der Waals surface area contributed by atoms with E-state index in [0.717, 1.165) is 5.70 Å². The monoisotopic (exact) mass is 239 g/mol. The maximum Gasteiger partial charge on any atom is 0.155 e. The highest BCUT2D eigenvalue weighted by atomic mass is 16.5. The molecule has 1 aliphatic carbocycles. The van der Waals surface area contributed by atoms with Gasteiger partial charge in [-0.05, 0) is 19.8 Å². The second-order valence-corrected chi connectivity index (χ2v) is 4.98. The number of ketones is 1. The molecule has 1 rings (SSSR count). The second kappa shape index (κ2) is 8.29. The van der Waals surface area contributed by atoms with Gasteiger partial charge < -0.3 is 10.1 Å². The minimum Gasteiger partial charge on any atom is -0.384 e. The van der Waals surface area contributed by atoms with Crippen LogP contribution in [0.1, 0.15) is 51.9 Å². The van der Waals surface area contributed by atoms with Gasteiger partial charge in [-0.3, -0.25) is 4.79 Å². The Hall–Kier alpha value is -0.830. The highest BCUT2D eigenvalue weighted by Crippen LogP contribution is 2.17. The highest BCUT2D eigenvalue weighted by Gasteiger charge is 2.11. The van der Waals surface area contributed by atoms with Gasteiger partial charge in [0.15, 0.2) is 5.78 Å². The first-order valence-corrected chi connectivity index (χ1v) is 6.70. The van der Waals surface area contributed by atoms with Crippen LogP contribution in [-0.4, -0.2) is 25.0 Å². The van der Waals surface area contributed by atoms with Crippen LogP contribution in [-0.2, 0) is 9.53 Å². The van der Waals surface area contributed by atoms with Gasteiger partial charge in [-0.2, -0.15) is 0 Å². The van der Waals surface area contributed by atoms with Crippen molar-refractivity contribution < 1.29 is 9.53 Å². The normalized spacial score (nSPS) is 18.2. The Labute approximate surface area is 105 Å². The van der Waals surface area contributed by atoms with Crippen molar-refractivity contribution in [2.24, 2.45) is 0 Å². The van der Waals surface area contributed by atoms with Gasteiger partial charge in [-0.15, -0.1) is 0 Å². The smallest absolute Gasteiger partial charge is 0.155 e. The van der Waals surface area contributed by atoms with Crippen molar-refractivity contribution in [3.05, 3.63) is 12.3 Å². The van der Waals surface area contributed by atoms with Gasteiger partial charge in [0.05, 0.1) is 6.61 Å².